The first-order valence-corrected chi connectivity index (χ1v) is 10.9. The third-order valence-electron chi connectivity index (χ3n) is 3.97. The summed E-state index contributed by atoms with van der Waals surface area (Å²) in [5.41, 5.74) is 1.63. The standard InChI is InChI=1S/C20H18BrClN4O2S/c21-16-8-2-1-5-13(16)12-23-17(27)9-4-10-18-25-26-20(29-18)19(28)24-15-7-3-6-14(22)11-15/h1-3,5-8,11H,4,9-10,12H2,(H,23,27)(H,24,28). The van der Waals surface area contributed by atoms with Gasteiger partial charge >= 0.3 is 0 Å². The van der Waals surface area contributed by atoms with Gasteiger partial charge in [-0.05, 0) is 36.2 Å². The normalized spacial score (nSPS) is 10.6. The molecule has 1 heterocycles. The number of rotatable bonds is 8. The minimum atomic E-state index is -0.331. The molecule has 2 amide bonds. The summed E-state index contributed by atoms with van der Waals surface area (Å²) in [6, 6.07) is 14.7. The zero-order valence-corrected chi connectivity index (χ0v) is 18.5. The van der Waals surface area contributed by atoms with Crippen molar-refractivity contribution in [1.29, 1.82) is 0 Å². The van der Waals surface area contributed by atoms with E-state index in [-0.39, 0.29) is 16.8 Å². The van der Waals surface area contributed by atoms with Crippen molar-refractivity contribution in [3.63, 3.8) is 0 Å². The molecule has 0 bridgehead atoms. The van der Waals surface area contributed by atoms with Crippen molar-refractivity contribution in [2.45, 2.75) is 25.8 Å². The molecule has 9 heteroatoms. The molecule has 0 fully saturated rings. The number of carbonyl (C=O) groups is 2. The first kappa shape index (κ1) is 21.4. The smallest absolute Gasteiger partial charge is 0.286 e. The van der Waals surface area contributed by atoms with E-state index in [0.29, 0.717) is 36.5 Å². The fraction of sp³-hybridized carbons (Fsp3) is 0.200. The molecule has 0 saturated heterocycles. The second kappa shape index (κ2) is 10.5. The predicted octanol–water partition coefficient (Wildman–Crippen LogP) is 4.85. The zero-order chi connectivity index (χ0) is 20.6. The number of nitrogens with one attached hydrogen (secondary N) is 2. The monoisotopic (exact) mass is 492 g/mol. The highest BCUT2D eigenvalue weighted by Crippen LogP contribution is 2.18. The molecule has 0 radical (unpaired) electrons. The molecule has 0 aliphatic rings. The van der Waals surface area contributed by atoms with Gasteiger partial charge in [0.2, 0.25) is 10.9 Å². The summed E-state index contributed by atoms with van der Waals surface area (Å²) in [6.07, 6.45) is 1.60. The molecule has 0 atom stereocenters. The second-order valence-corrected chi connectivity index (χ2v) is 8.54. The Morgan fingerprint density at radius 2 is 1.93 bits per heavy atom. The predicted molar refractivity (Wildman–Crippen MR) is 118 cm³/mol. The number of amides is 2. The van der Waals surface area contributed by atoms with Gasteiger partial charge < -0.3 is 10.6 Å². The average molecular weight is 494 g/mol. The Kier molecular flexibility index (Phi) is 7.74. The number of hydrogen-bond donors (Lipinski definition) is 2. The van der Waals surface area contributed by atoms with Crippen LogP contribution in [0, 0.1) is 0 Å². The SMILES string of the molecule is O=C(CCCc1nnc(C(=O)Nc2cccc(Cl)c2)s1)NCc1ccccc1Br. The molecule has 0 unspecified atom stereocenters. The highest BCUT2D eigenvalue weighted by molar-refractivity contribution is 9.10. The van der Waals surface area contributed by atoms with E-state index in [4.69, 9.17) is 11.6 Å². The van der Waals surface area contributed by atoms with Crippen LogP contribution in [0.4, 0.5) is 5.69 Å². The summed E-state index contributed by atoms with van der Waals surface area (Å²) < 4.78 is 0.970. The number of aromatic nitrogens is 2. The van der Waals surface area contributed by atoms with Gasteiger partial charge in [-0.15, -0.1) is 10.2 Å². The number of nitrogens with zero attached hydrogens (tertiary/aromatic N) is 2. The van der Waals surface area contributed by atoms with E-state index >= 15 is 0 Å². The van der Waals surface area contributed by atoms with Crippen LogP contribution in [-0.4, -0.2) is 22.0 Å². The lowest BCUT2D eigenvalue weighted by Crippen LogP contribution is -2.22. The lowest BCUT2D eigenvalue weighted by atomic mass is 10.2. The van der Waals surface area contributed by atoms with E-state index in [2.05, 4.69) is 36.8 Å². The van der Waals surface area contributed by atoms with E-state index in [1.165, 1.54) is 11.3 Å². The van der Waals surface area contributed by atoms with Crippen molar-refractivity contribution in [1.82, 2.24) is 15.5 Å². The van der Waals surface area contributed by atoms with Gasteiger partial charge in [0.1, 0.15) is 5.01 Å². The van der Waals surface area contributed by atoms with Gasteiger partial charge in [0.05, 0.1) is 0 Å². The largest absolute Gasteiger partial charge is 0.352 e. The highest BCUT2D eigenvalue weighted by atomic mass is 79.9. The average Bonchev–Trinajstić information content (AvgIpc) is 3.16. The minimum absolute atomic E-state index is 0.0239. The number of aryl methyl sites for hydroxylation is 1. The molecule has 6 nitrogen and oxygen atoms in total. The van der Waals surface area contributed by atoms with Crippen molar-refractivity contribution in [3.05, 3.63) is 73.6 Å². The summed E-state index contributed by atoms with van der Waals surface area (Å²) in [4.78, 5) is 24.3. The van der Waals surface area contributed by atoms with Crippen LogP contribution in [0.1, 0.15) is 33.2 Å². The highest BCUT2D eigenvalue weighted by Gasteiger charge is 2.13. The molecule has 0 aliphatic carbocycles. The molecule has 1 aromatic heterocycles. The van der Waals surface area contributed by atoms with Crippen molar-refractivity contribution < 1.29 is 9.59 Å². The molecule has 3 aromatic rings. The molecule has 2 aromatic carbocycles. The summed E-state index contributed by atoms with van der Waals surface area (Å²) in [7, 11) is 0. The molecule has 0 spiro atoms. The third kappa shape index (κ3) is 6.62. The van der Waals surface area contributed by atoms with E-state index in [1.807, 2.05) is 24.3 Å². The Balaban J connectivity index is 1.42. The van der Waals surface area contributed by atoms with Gasteiger partial charge in [0.15, 0.2) is 0 Å². The molecular weight excluding hydrogens is 476 g/mol. The number of benzene rings is 2. The molecule has 3 rings (SSSR count). The van der Waals surface area contributed by atoms with Crippen LogP contribution in [-0.2, 0) is 17.8 Å². The number of halogens is 2. The van der Waals surface area contributed by atoms with Crippen LogP contribution >= 0.6 is 38.9 Å². The van der Waals surface area contributed by atoms with Crippen LogP contribution in [0.25, 0.3) is 0 Å². The maximum atomic E-state index is 12.3. The van der Waals surface area contributed by atoms with Crippen molar-refractivity contribution in [2.24, 2.45) is 0 Å². The fourth-order valence-electron chi connectivity index (χ4n) is 2.52. The maximum absolute atomic E-state index is 12.3. The van der Waals surface area contributed by atoms with Crippen molar-refractivity contribution >= 4 is 56.4 Å². The number of anilines is 1. The Morgan fingerprint density at radius 1 is 1.10 bits per heavy atom. The number of hydrogen-bond acceptors (Lipinski definition) is 5. The van der Waals surface area contributed by atoms with Crippen LogP contribution < -0.4 is 10.6 Å². The van der Waals surface area contributed by atoms with Gasteiger partial charge in [-0.25, -0.2) is 0 Å². The molecular formula is C20H18BrClN4O2S. The molecule has 29 heavy (non-hydrogen) atoms. The zero-order valence-electron chi connectivity index (χ0n) is 15.3. The van der Waals surface area contributed by atoms with E-state index < -0.39 is 0 Å². The van der Waals surface area contributed by atoms with Gasteiger partial charge in [-0.3, -0.25) is 9.59 Å². The first-order chi connectivity index (χ1) is 14.0. The summed E-state index contributed by atoms with van der Waals surface area (Å²) in [6.45, 7) is 0.479. The van der Waals surface area contributed by atoms with Crippen LogP contribution in [0.5, 0.6) is 0 Å². The van der Waals surface area contributed by atoms with Gasteiger partial charge in [0, 0.05) is 34.6 Å². The third-order valence-corrected chi connectivity index (χ3v) is 5.96. The Bertz CT molecular complexity index is 1010. The second-order valence-electron chi connectivity index (χ2n) is 6.19. The maximum Gasteiger partial charge on any atom is 0.286 e. The molecule has 150 valence electrons. The van der Waals surface area contributed by atoms with Crippen molar-refractivity contribution in [2.75, 3.05) is 5.32 Å². The van der Waals surface area contributed by atoms with E-state index in [1.54, 1.807) is 24.3 Å². The van der Waals surface area contributed by atoms with Crippen LogP contribution in [0.2, 0.25) is 5.02 Å². The Labute approximate surface area is 185 Å². The molecule has 0 aliphatic heterocycles. The lowest BCUT2D eigenvalue weighted by Gasteiger charge is -2.06. The van der Waals surface area contributed by atoms with Gasteiger partial charge in [-0.2, -0.15) is 0 Å². The molecule has 0 saturated carbocycles. The first-order valence-electron chi connectivity index (χ1n) is 8.90. The summed E-state index contributed by atoms with van der Waals surface area (Å²) in [5, 5.41) is 15.2. The summed E-state index contributed by atoms with van der Waals surface area (Å²) >= 11 is 10.6. The van der Waals surface area contributed by atoms with Gasteiger partial charge in [0.25, 0.3) is 5.91 Å². The van der Waals surface area contributed by atoms with Gasteiger partial charge in [-0.1, -0.05) is 63.1 Å². The quantitative estimate of drug-likeness (QED) is 0.470. The van der Waals surface area contributed by atoms with Crippen LogP contribution in [0.15, 0.2) is 53.0 Å². The van der Waals surface area contributed by atoms with E-state index in [0.717, 1.165) is 15.0 Å². The fourth-order valence-corrected chi connectivity index (χ4v) is 3.91. The van der Waals surface area contributed by atoms with E-state index in [9.17, 15) is 9.59 Å². The van der Waals surface area contributed by atoms with Crippen LogP contribution in [0.3, 0.4) is 0 Å². The molecule has 2 N–H and O–H groups in total. The lowest BCUT2D eigenvalue weighted by molar-refractivity contribution is -0.121. The Morgan fingerprint density at radius 3 is 2.72 bits per heavy atom. The summed E-state index contributed by atoms with van der Waals surface area (Å²) in [5.74, 6) is -0.355. The minimum Gasteiger partial charge on any atom is -0.352 e. The van der Waals surface area contributed by atoms with Crippen molar-refractivity contribution in [3.8, 4) is 0 Å². The number of carbonyl (C=O) groups excluding carboxylic acids is 2. The topological polar surface area (TPSA) is 84.0 Å². The Hall–Kier alpha value is -2.29.